The summed E-state index contributed by atoms with van der Waals surface area (Å²) >= 11 is 0. The molecule has 0 amide bonds. The number of hydrogen-bond donors (Lipinski definition) is 1. The number of nitrogens with two attached hydrogens (primary N) is 1. The molecule has 118 valence electrons. The van der Waals surface area contributed by atoms with Crippen LogP contribution in [0.25, 0.3) is 0 Å². The summed E-state index contributed by atoms with van der Waals surface area (Å²) in [6.07, 6.45) is 1.86. The van der Waals surface area contributed by atoms with Crippen molar-refractivity contribution in [2.45, 2.75) is 32.7 Å². The van der Waals surface area contributed by atoms with E-state index in [1.165, 1.54) is 0 Å². The minimum absolute atomic E-state index is 0.227. The first-order valence-electron chi connectivity index (χ1n) is 7.56. The Kier molecular flexibility index (Phi) is 6.06. The Hall–Kier alpha value is -1.07. The predicted octanol–water partition coefficient (Wildman–Crippen LogP) is 2.64. The highest BCUT2D eigenvalue weighted by Crippen LogP contribution is 2.32. The van der Waals surface area contributed by atoms with E-state index in [0.717, 1.165) is 35.7 Å². The molecule has 0 aromatic heterocycles. The van der Waals surface area contributed by atoms with Crippen LogP contribution in [0.3, 0.4) is 0 Å². The van der Waals surface area contributed by atoms with Crippen LogP contribution in [-0.2, 0) is 10.8 Å². The van der Waals surface area contributed by atoms with Gasteiger partial charge in [-0.1, -0.05) is 19.9 Å². The average Bonchev–Trinajstić information content (AvgIpc) is 2.69. The lowest BCUT2D eigenvalue weighted by Gasteiger charge is -2.15. The van der Waals surface area contributed by atoms with Crippen LogP contribution in [0, 0.1) is 5.92 Å². The van der Waals surface area contributed by atoms with E-state index < -0.39 is 10.8 Å². The largest absolute Gasteiger partial charge is 0.490 e. The fourth-order valence-corrected chi connectivity index (χ4v) is 3.65. The van der Waals surface area contributed by atoms with Crippen molar-refractivity contribution in [3.05, 3.63) is 23.8 Å². The van der Waals surface area contributed by atoms with Crippen molar-refractivity contribution in [1.82, 2.24) is 0 Å². The molecule has 2 rings (SSSR count). The summed E-state index contributed by atoms with van der Waals surface area (Å²) in [7, 11) is -0.873. The van der Waals surface area contributed by atoms with Crippen LogP contribution in [0.5, 0.6) is 11.5 Å². The number of rotatable bonds is 6. The number of ether oxygens (including phenoxy) is 2. The SMILES string of the molecule is CC(C)CCS(=O)CC(N)c1ccc2c(c1)OCCCO2. The molecule has 0 radical (unpaired) electrons. The lowest BCUT2D eigenvalue weighted by molar-refractivity contribution is 0.297. The van der Waals surface area contributed by atoms with Gasteiger partial charge in [0.1, 0.15) is 0 Å². The lowest BCUT2D eigenvalue weighted by Crippen LogP contribution is -2.20. The fourth-order valence-electron chi connectivity index (χ4n) is 2.16. The Balaban J connectivity index is 1.97. The van der Waals surface area contributed by atoms with Gasteiger partial charge in [-0.05, 0) is 30.0 Å². The molecule has 1 aromatic carbocycles. The van der Waals surface area contributed by atoms with Gasteiger partial charge in [0, 0.05) is 34.8 Å². The van der Waals surface area contributed by atoms with E-state index in [0.29, 0.717) is 24.9 Å². The van der Waals surface area contributed by atoms with Crippen LogP contribution in [0.4, 0.5) is 0 Å². The van der Waals surface area contributed by atoms with Crippen molar-refractivity contribution in [2.75, 3.05) is 24.7 Å². The van der Waals surface area contributed by atoms with Gasteiger partial charge in [-0.15, -0.1) is 0 Å². The van der Waals surface area contributed by atoms with Crippen LogP contribution >= 0.6 is 0 Å². The normalized spacial score (nSPS) is 17.3. The third kappa shape index (κ3) is 5.00. The van der Waals surface area contributed by atoms with Gasteiger partial charge in [-0.3, -0.25) is 4.21 Å². The standard InChI is InChI=1S/C16H25NO3S/c1-12(2)6-9-21(18)11-14(17)13-4-5-15-16(10-13)20-8-3-7-19-15/h4-5,10,12,14H,3,6-9,11,17H2,1-2H3. The molecule has 0 bridgehead atoms. The first-order valence-corrected chi connectivity index (χ1v) is 9.05. The van der Waals surface area contributed by atoms with Gasteiger partial charge in [0.25, 0.3) is 0 Å². The van der Waals surface area contributed by atoms with Crippen molar-refractivity contribution < 1.29 is 13.7 Å². The van der Waals surface area contributed by atoms with Crippen LogP contribution < -0.4 is 15.2 Å². The minimum Gasteiger partial charge on any atom is -0.490 e. The molecule has 4 nitrogen and oxygen atoms in total. The van der Waals surface area contributed by atoms with Gasteiger partial charge in [0.2, 0.25) is 0 Å². The van der Waals surface area contributed by atoms with Crippen LogP contribution in [-0.4, -0.2) is 28.9 Å². The molecule has 1 heterocycles. The third-order valence-electron chi connectivity index (χ3n) is 3.49. The number of fused-ring (bicyclic) bond motifs is 1. The maximum atomic E-state index is 12.1. The highest BCUT2D eigenvalue weighted by atomic mass is 32.2. The molecule has 1 aromatic rings. The molecular weight excluding hydrogens is 286 g/mol. The maximum Gasteiger partial charge on any atom is 0.161 e. The second-order valence-corrected chi connectivity index (χ2v) is 7.48. The Morgan fingerprint density at radius 2 is 1.95 bits per heavy atom. The van der Waals surface area contributed by atoms with Gasteiger partial charge < -0.3 is 15.2 Å². The topological polar surface area (TPSA) is 61.6 Å². The van der Waals surface area contributed by atoms with E-state index in [-0.39, 0.29) is 6.04 Å². The van der Waals surface area contributed by atoms with Crippen molar-refractivity contribution in [3.8, 4) is 11.5 Å². The van der Waals surface area contributed by atoms with Gasteiger partial charge in [-0.2, -0.15) is 0 Å². The lowest BCUT2D eigenvalue weighted by atomic mass is 10.1. The maximum absolute atomic E-state index is 12.1. The summed E-state index contributed by atoms with van der Waals surface area (Å²) in [6.45, 7) is 5.62. The molecule has 0 fully saturated rings. The molecule has 5 heteroatoms. The average molecular weight is 311 g/mol. The van der Waals surface area contributed by atoms with Crippen molar-refractivity contribution >= 4 is 10.8 Å². The van der Waals surface area contributed by atoms with Crippen LogP contribution in [0.2, 0.25) is 0 Å². The molecule has 2 atom stereocenters. The van der Waals surface area contributed by atoms with E-state index >= 15 is 0 Å². The first-order chi connectivity index (χ1) is 10.1. The predicted molar refractivity (Wildman–Crippen MR) is 86.3 cm³/mol. The quantitative estimate of drug-likeness (QED) is 0.877. The molecule has 21 heavy (non-hydrogen) atoms. The molecule has 0 saturated carbocycles. The second-order valence-electron chi connectivity index (χ2n) is 5.86. The molecular formula is C16H25NO3S. The Bertz CT molecular complexity index is 490. The molecule has 1 aliphatic heterocycles. The monoisotopic (exact) mass is 311 g/mol. The number of hydrogen-bond acceptors (Lipinski definition) is 4. The van der Waals surface area contributed by atoms with Gasteiger partial charge >= 0.3 is 0 Å². The zero-order valence-electron chi connectivity index (χ0n) is 12.8. The van der Waals surface area contributed by atoms with E-state index in [1.54, 1.807) is 0 Å². The summed E-state index contributed by atoms with van der Waals surface area (Å²) in [6, 6.07) is 5.53. The first kappa shape index (κ1) is 16.3. The second kappa shape index (κ2) is 7.80. The summed E-state index contributed by atoms with van der Waals surface area (Å²) < 4.78 is 23.3. The van der Waals surface area contributed by atoms with Gasteiger partial charge in [-0.25, -0.2) is 0 Å². The molecule has 0 saturated heterocycles. The van der Waals surface area contributed by atoms with E-state index in [1.807, 2.05) is 18.2 Å². The van der Waals surface area contributed by atoms with E-state index in [9.17, 15) is 4.21 Å². The van der Waals surface area contributed by atoms with Crippen molar-refractivity contribution in [1.29, 1.82) is 0 Å². The summed E-state index contributed by atoms with van der Waals surface area (Å²) in [5.74, 6) is 3.29. The van der Waals surface area contributed by atoms with E-state index in [4.69, 9.17) is 15.2 Å². The zero-order chi connectivity index (χ0) is 15.2. The molecule has 2 N–H and O–H groups in total. The summed E-state index contributed by atoms with van der Waals surface area (Å²) in [5.41, 5.74) is 7.14. The van der Waals surface area contributed by atoms with Crippen LogP contribution in [0.1, 0.15) is 38.3 Å². The highest BCUT2D eigenvalue weighted by molar-refractivity contribution is 7.85. The van der Waals surface area contributed by atoms with Crippen molar-refractivity contribution in [3.63, 3.8) is 0 Å². The summed E-state index contributed by atoms with van der Waals surface area (Å²) in [5, 5.41) is 0. The molecule has 0 aliphatic carbocycles. The smallest absolute Gasteiger partial charge is 0.161 e. The molecule has 0 spiro atoms. The zero-order valence-corrected chi connectivity index (χ0v) is 13.7. The van der Waals surface area contributed by atoms with E-state index in [2.05, 4.69) is 13.8 Å². The molecule has 1 aliphatic rings. The fraction of sp³-hybridized carbons (Fsp3) is 0.625. The Labute approximate surface area is 129 Å². The van der Waals surface area contributed by atoms with Crippen molar-refractivity contribution in [2.24, 2.45) is 11.7 Å². The molecule has 2 unspecified atom stereocenters. The summed E-state index contributed by atoms with van der Waals surface area (Å²) in [4.78, 5) is 0. The third-order valence-corrected chi connectivity index (χ3v) is 4.91. The highest BCUT2D eigenvalue weighted by Gasteiger charge is 2.16. The minimum atomic E-state index is -0.873. The van der Waals surface area contributed by atoms with Gasteiger partial charge in [0.15, 0.2) is 11.5 Å². The van der Waals surface area contributed by atoms with Crippen LogP contribution in [0.15, 0.2) is 18.2 Å². The Morgan fingerprint density at radius 1 is 1.24 bits per heavy atom. The number of benzene rings is 1. The van der Waals surface area contributed by atoms with Gasteiger partial charge in [0.05, 0.1) is 13.2 Å². The Morgan fingerprint density at radius 3 is 2.67 bits per heavy atom.